The standard InChI is InChI=1S/C9H11Cl2FN2O2S2/c1-14(2)18(15,16)13-17-9(10,11)7-5-3-4-6-8(7)12/h3-6,13H,1-2H3. The summed E-state index contributed by atoms with van der Waals surface area (Å²) in [7, 11) is -1.01. The van der Waals surface area contributed by atoms with Crippen molar-refractivity contribution in [3.63, 3.8) is 0 Å². The normalized spacial score (nSPS) is 13.0. The van der Waals surface area contributed by atoms with E-state index in [1.165, 1.54) is 32.3 Å². The average Bonchev–Trinajstić information content (AvgIpc) is 2.27. The Bertz CT molecular complexity index is 523. The van der Waals surface area contributed by atoms with Gasteiger partial charge in [0.15, 0.2) is 0 Å². The lowest BCUT2D eigenvalue weighted by Crippen LogP contribution is -2.33. The number of halogens is 3. The van der Waals surface area contributed by atoms with Crippen LogP contribution in [0.1, 0.15) is 5.56 Å². The molecule has 102 valence electrons. The Morgan fingerprint density at radius 1 is 1.33 bits per heavy atom. The average molecular weight is 333 g/mol. The van der Waals surface area contributed by atoms with Crippen LogP contribution in [0.15, 0.2) is 24.3 Å². The Kier molecular flexibility index (Phi) is 5.28. The molecule has 0 spiro atoms. The van der Waals surface area contributed by atoms with Crippen molar-refractivity contribution < 1.29 is 12.8 Å². The maximum absolute atomic E-state index is 13.5. The van der Waals surface area contributed by atoms with Gasteiger partial charge in [-0.25, -0.2) is 4.39 Å². The highest BCUT2D eigenvalue weighted by molar-refractivity contribution is 8.10. The second-order valence-electron chi connectivity index (χ2n) is 3.47. The van der Waals surface area contributed by atoms with E-state index < -0.39 is 19.7 Å². The third kappa shape index (κ3) is 3.97. The van der Waals surface area contributed by atoms with E-state index in [9.17, 15) is 12.8 Å². The smallest absolute Gasteiger partial charge is 0.207 e. The van der Waals surface area contributed by atoms with Crippen molar-refractivity contribution in [3.05, 3.63) is 35.6 Å². The topological polar surface area (TPSA) is 49.4 Å². The molecule has 0 heterocycles. The van der Waals surface area contributed by atoms with Crippen molar-refractivity contribution in [2.24, 2.45) is 0 Å². The fourth-order valence-electron chi connectivity index (χ4n) is 0.932. The maximum Gasteiger partial charge on any atom is 0.288 e. The third-order valence-electron chi connectivity index (χ3n) is 1.94. The van der Waals surface area contributed by atoms with Crippen molar-refractivity contribution in [2.75, 3.05) is 14.1 Å². The predicted molar refractivity (Wildman–Crippen MR) is 73.1 cm³/mol. The quantitative estimate of drug-likeness (QED) is 0.665. The van der Waals surface area contributed by atoms with E-state index in [-0.39, 0.29) is 5.56 Å². The molecule has 0 unspecified atom stereocenters. The SMILES string of the molecule is CN(C)S(=O)(=O)NSC(Cl)(Cl)c1ccccc1F. The van der Waals surface area contributed by atoms with Gasteiger partial charge in [-0.2, -0.15) is 12.7 Å². The molecular formula is C9H11Cl2FN2O2S2. The van der Waals surface area contributed by atoms with E-state index in [1.807, 2.05) is 0 Å². The fourth-order valence-corrected chi connectivity index (χ4v) is 3.52. The van der Waals surface area contributed by atoms with Crippen molar-refractivity contribution in [3.8, 4) is 0 Å². The van der Waals surface area contributed by atoms with Crippen molar-refractivity contribution >= 4 is 45.4 Å². The van der Waals surface area contributed by atoms with E-state index in [1.54, 1.807) is 6.07 Å². The van der Waals surface area contributed by atoms with Crippen LogP contribution in [0.25, 0.3) is 0 Å². The first-order valence-electron chi connectivity index (χ1n) is 4.67. The molecule has 1 aromatic rings. The van der Waals surface area contributed by atoms with Crippen LogP contribution in [-0.4, -0.2) is 26.8 Å². The summed E-state index contributed by atoms with van der Waals surface area (Å²) in [5.41, 5.74) is -0.0141. The number of hydrogen-bond acceptors (Lipinski definition) is 3. The minimum absolute atomic E-state index is 0.0141. The zero-order valence-electron chi connectivity index (χ0n) is 9.52. The van der Waals surface area contributed by atoms with Gasteiger partial charge >= 0.3 is 0 Å². The molecule has 0 fully saturated rings. The molecule has 1 aromatic carbocycles. The highest BCUT2D eigenvalue weighted by Gasteiger charge is 2.32. The van der Waals surface area contributed by atoms with Crippen LogP contribution in [-0.2, 0) is 13.9 Å². The number of benzene rings is 1. The minimum atomic E-state index is -3.70. The van der Waals surface area contributed by atoms with Crippen LogP contribution in [0, 0.1) is 5.82 Å². The van der Waals surface area contributed by atoms with Crippen molar-refractivity contribution in [2.45, 2.75) is 3.67 Å². The molecule has 0 aromatic heterocycles. The highest BCUT2D eigenvalue weighted by Crippen LogP contribution is 2.44. The van der Waals surface area contributed by atoms with E-state index >= 15 is 0 Å². The van der Waals surface area contributed by atoms with Gasteiger partial charge in [0.25, 0.3) is 10.2 Å². The van der Waals surface area contributed by atoms with Gasteiger partial charge in [-0.05, 0) is 18.0 Å². The monoisotopic (exact) mass is 332 g/mol. The molecule has 0 atom stereocenters. The van der Waals surface area contributed by atoms with Gasteiger partial charge < -0.3 is 0 Å². The second-order valence-corrected chi connectivity index (χ2v) is 8.41. The minimum Gasteiger partial charge on any atom is -0.207 e. The molecule has 0 aliphatic heterocycles. The van der Waals surface area contributed by atoms with Crippen molar-refractivity contribution in [1.82, 2.24) is 8.43 Å². The summed E-state index contributed by atoms with van der Waals surface area (Å²) >= 11 is 12.3. The largest absolute Gasteiger partial charge is 0.288 e. The lowest BCUT2D eigenvalue weighted by atomic mass is 10.2. The Morgan fingerprint density at radius 2 is 1.89 bits per heavy atom. The van der Waals surface area contributed by atoms with Gasteiger partial charge in [-0.15, -0.1) is 4.13 Å². The van der Waals surface area contributed by atoms with Gasteiger partial charge in [0.1, 0.15) is 5.82 Å². The van der Waals surface area contributed by atoms with Gasteiger partial charge in [0.05, 0.1) is 0 Å². The molecule has 0 bridgehead atoms. The first-order chi connectivity index (χ1) is 8.17. The number of rotatable bonds is 5. The van der Waals surface area contributed by atoms with Gasteiger partial charge in [0.2, 0.25) is 3.67 Å². The van der Waals surface area contributed by atoms with Crippen LogP contribution >= 0.6 is 35.1 Å². The molecule has 1 N–H and O–H groups in total. The van der Waals surface area contributed by atoms with Crippen LogP contribution in [0.2, 0.25) is 0 Å². The summed E-state index contributed by atoms with van der Waals surface area (Å²) in [5.74, 6) is -0.612. The first kappa shape index (κ1) is 16.0. The number of nitrogens with one attached hydrogen (secondary N) is 1. The molecule has 0 saturated carbocycles. The summed E-state index contributed by atoms with van der Waals surface area (Å²) in [6.45, 7) is 0. The summed E-state index contributed by atoms with van der Waals surface area (Å²) in [6, 6.07) is 5.61. The summed E-state index contributed by atoms with van der Waals surface area (Å²) in [6.07, 6.45) is 0. The third-order valence-corrected chi connectivity index (χ3v) is 5.43. The Labute approximate surface area is 120 Å². The summed E-state index contributed by atoms with van der Waals surface area (Å²) in [4.78, 5) is 0. The molecule has 9 heteroatoms. The van der Waals surface area contributed by atoms with Crippen LogP contribution in [0.4, 0.5) is 4.39 Å². The van der Waals surface area contributed by atoms with E-state index in [2.05, 4.69) is 4.13 Å². The fraction of sp³-hybridized carbons (Fsp3) is 0.333. The molecule has 0 aliphatic carbocycles. The van der Waals surface area contributed by atoms with Crippen molar-refractivity contribution in [1.29, 1.82) is 0 Å². The molecule has 0 saturated heterocycles. The Balaban J connectivity index is 2.87. The van der Waals surface area contributed by atoms with Gasteiger partial charge in [-0.1, -0.05) is 41.4 Å². The van der Waals surface area contributed by atoms with E-state index in [0.717, 1.165) is 4.31 Å². The predicted octanol–water partition coefficient (Wildman–Crippen LogP) is 2.46. The molecule has 4 nitrogen and oxygen atoms in total. The zero-order valence-corrected chi connectivity index (χ0v) is 12.7. The molecule has 1 rings (SSSR count). The Hall–Kier alpha value is -0.0500. The first-order valence-corrected chi connectivity index (χ1v) is 7.68. The summed E-state index contributed by atoms with van der Waals surface area (Å²) < 4.78 is 37.7. The molecular weight excluding hydrogens is 322 g/mol. The van der Waals surface area contributed by atoms with Crippen LogP contribution < -0.4 is 4.13 Å². The maximum atomic E-state index is 13.5. The number of alkyl halides is 2. The van der Waals surface area contributed by atoms with E-state index in [0.29, 0.717) is 11.9 Å². The lowest BCUT2D eigenvalue weighted by molar-refractivity contribution is 0.518. The van der Waals surface area contributed by atoms with Crippen LogP contribution in [0.5, 0.6) is 0 Å². The number of nitrogens with zero attached hydrogens (tertiary/aromatic N) is 1. The van der Waals surface area contributed by atoms with Crippen LogP contribution in [0.3, 0.4) is 0 Å². The Morgan fingerprint density at radius 3 is 2.39 bits per heavy atom. The van der Waals surface area contributed by atoms with Gasteiger partial charge in [0, 0.05) is 19.7 Å². The second kappa shape index (κ2) is 5.94. The molecule has 0 aliphatic rings. The lowest BCUT2D eigenvalue weighted by Gasteiger charge is -2.21. The molecule has 0 amide bonds. The van der Waals surface area contributed by atoms with E-state index in [4.69, 9.17) is 23.2 Å². The number of hydrogen-bond donors (Lipinski definition) is 1. The van der Waals surface area contributed by atoms with Gasteiger partial charge in [-0.3, -0.25) is 0 Å². The summed E-state index contributed by atoms with van der Waals surface area (Å²) in [5, 5.41) is 0. The molecule has 18 heavy (non-hydrogen) atoms. The highest BCUT2D eigenvalue weighted by atomic mass is 35.5. The molecule has 0 radical (unpaired) electrons. The zero-order chi connectivity index (χ0) is 14.0.